The van der Waals surface area contributed by atoms with Crippen molar-refractivity contribution >= 4 is 28.3 Å². The van der Waals surface area contributed by atoms with E-state index >= 15 is 0 Å². The standard InChI is InChI=1S/C26H19N3O4/c1-15-11-12-17(21(30)13-15)19-14-20(29-28-19)26(32)27-23-18-9-5-6-10-22(18)33-25(23)24(31)16-7-3-2-4-8-16/h2-14,30H,1H3,(H,27,32)(H,28,29). The number of amides is 1. The van der Waals surface area contributed by atoms with Gasteiger partial charge in [-0.05, 0) is 42.8 Å². The zero-order valence-corrected chi connectivity index (χ0v) is 17.6. The number of aromatic amines is 1. The predicted molar refractivity (Wildman–Crippen MR) is 124 cm³/mol. The van der Waals surface area contributed by atoms with Gasteiger partial charge in [0.2, 0.25) is 5.78 Å². The Morgan fingerprint density at radius 1 is 0.970 bits per heavy atom. The lowest BCUT2D eigenvalue weighted by Crippen LogP contribution is -2.14. The Bertz CT molecular complexity index is 1500. The van der Waals surface area contributed by atoms with Gasteiger partial charge in [-0.3, -0.25) is 14.7 Å². The Labute approximate surface area is 188 Å². The van der Waals surface area contributed by atoms with Gasteiger partial charge in [0.25, 0.3) is 5.91 Å². The number of phenols is 1. The van der Waals surface area contributed by atoms with E-state index < -0.39 is 5.91 Å². The fourth-order valence-electron chi connectivity index (χ4n) is 3.67. The molecule has 3 N–H and O–H groups in total. The van der Waals surface area contributed by atoms with Gasteiger partial charge in [0, 0.05) is 16.5 Å². The maximum Gasteiger partial charge on any atom is 0.273 e. The molecule has 2 heterocycles. The summed E-state index contributed by atoms with van der Waals surface area (Å²) in [5.41, 5.74) is 3.24. The van der Waals surface area contributed by atoms with Crippen LogP contribution in [-0.2, 0) is 0 Å². The number of aryl methyl sites for hydroxylation is 1. The number of benzene rings is 3. The van der Waals surface area contributed by atoms with Gasteiger partial charge in [-0.1, -0.05) is 48.5 Å². The van der Waals surface area contributed by atoms with E-state index in [0.717, 1.165) is 5.56 Å². The zero-order valence-electron chi connectivity index (χ0n) is 17.6. The van der Waals surface area contributed by atoms with Crippen LogP contribution >= 0.6 is 0 Å². The van der Waals surface area contributed by atoms with Crippen molar-refractivity contribution in [1.82, 2.24) is 10.2 Å². The number of carbonyl (C=O) groups is 2. The molecule has 7 nitrogen and oxygen atoms in total. The van der Waals surface area contributed by atoms with E-state index in [1.807, 2.05) is 19.1 Å². The number of ketones is 1. The molecule has 0 unspecified atom stereocenters. The summed E-state index contributed by atoms with van der Waals surface area (Å²) >= 11 is 0. The van der Waals surface area contributed by atoms with Crippen LogP contribution in [0.25, 0.3) is 22.2 Å². The number of hydrogen-bond donors (Lipinski definition) is 3. The first kappa shape index (κ1) is 20.3. The van der Waals surface area contributed by atoms with Gasteiger partial charge in [0.15, 0.2) is 5.76 Å². The topological polar surface area (TPSA) is 108 Å². The third kappa shape index (κ3) is 3.76. The quantitative estimate of drug-likeness (QED) is 0.323. The number of H-pyrrole nitrogens is 1. The summed E-state index contributed by atoms with van der Waals surface area (Å²) in [4.78, 5) is 26.2. The number of fused-ring (bicyclic) bond motifs is 1. The lowest BCUT2D eigenvalue weighted by atomic mass is 10.1. The molecule has 0 spiro atoms. The molecule has 0 aliphatic rings. The predicted octanol–water partition coefficient (Wildman–Crippen LogP) is 5.32. The number of aromatic hydroxyl groups is 1. The van der Waals surface area contributed by atoms with E-state index in [1.165, 1.54) is 0 Å². The Balaban J connectivity index is 1.50. The van der Waals surface area contributed by atoms with E-state index in [1.54, 1.807) is 66.7 Å². The molecule has 3 aromatic carbocycles. The van der Waals surface area contributed by atoms with Gasteiger partial charge in [0.1, 0.15) is 17.0 Å². The maximum absolute atomic E-state index is 13.1. The average Bonchev–Trinajstić information content (AvgIpc) is 3.45. The smallest absolute Gasteiger partial charge is 0.273 e. The van der Waals surface area contributed by atoms with E-state index in [9.17, 15) is 14.7 Å². The number of phenolic OH excluding ortho intramolecular Hbond substituents is 1. The minimum Gasteiger partial charge on any atom is -0.507 e. The summed E-state index contributed by atoms with van der Waals surface area (Å²) in [6.07, 6.45) is 0. The molecule has 0 aliphatic heterocycles. The zero-order chi connectivity index (χ0) is 22.9. The molecular formula is C26H19N3O4. The SMILES string of the molecule is Cc1ccc(-c2cc(C(=O)Nc3c(C(=O)c4ccccc4)oc4ccccc34)[nH]n2)c(O)c1. The van der Waals surface area contributed by atoms with Crippen LogP contribution < -0.4 is 5.32 Å². The molecule has 0 atom stereocenters. The van der Waals surface area contributed by atoms with E-state index in [2.05, 4.69) is 15.5 Å². The van der Waals surface area contributed by atoms with Crippen LogP contribution in [0.2, 0.25) is 0 Å². The van der Waals surface area contributed by atoms with E-state index in [0.29, 0.717) is 33.5 Å². The first-order valence-corrected chi connectivity index (χ1v) is 10.3. The summed E-state index contributed by atoms with van der Waals surface area (Å²) in [5, 5.41) is 20.5. The lowest BCUT2D eigenvalue weighted by molar-refractivity contribution is 0.101. The molecule has 5 aromatic rings. The van der Waals surface area contributed by atoms with Crippen molar-refractivity contribution in [1.29, 1.82) is 0 Å². The number of anilines is 1. The fourth-order valence-corrected chi connectivity index (χ4v) is 3.67. The van der Waals surface area contributed by atoms with Crippen LogP contribution in [0.5, 0.6) is 5.75 Å². The van der Waals surface area contributed by atoms with Crippen LogP contribution in [0.3, 0.4) is 0 Å². The fraction of sp³-hybridized carbons (Fsp3) is 0.0385. The highest BCUT2D eigenvalue weighted by molar-refractivity contribution is 6.18. The molecule has 7 heteroatoms. The number of carbonyl (C=O) groups excluding carboxylic acids is 2. The van der Waals surface area contributed by atoms with Gasteiger partial charge in [0.05, 0.1) is 11.4 Å². The Morgan fingerprint density at radius 2 is 1.73 bits per heavy atom. The number of furan rings is 1. The van der Waals surface area contributed by atoms with E-state index in [4.69, 9.17) is 4.42 Å². The molecule has 33 heavy (non-hydrogen) atoms. The average molecular weight is 437 g/mol. The number of rotatable bonds is 5. The summed E-state index contributed by atoms with van der Waals surface area (Å²) in [6.45, 7) is 1.87. The van der Waals surface area contributed by atoms with Crippen LogP contribution in [0.15, 0.2) is 83.3 Å². The van der Waals surface area contributed by atoms with Crippen molar-refractivity contribution in [3.8, 4) is 17.0 Å². The second kappa shape index (κ2) is 8.12. The van der Waals surface area contributed by atoms with Gasteiger partial charge in [-0.2, -0.15) is 5.10 Å². The minimum atomic E-state index is -0.492. The van der Waals surface area contributed by atoms with Gasteiger partial charge < -0.3 is 14.8 Å². The van der Waals surface area contributed by atoms with Gasteiger partial charge in [-0.15, -0.1) is 0 Å². The Morgan fingerprint density at radius 3 is 2.52 bits per heavy atom. The molecule has 0 bridgehead atoms. The van der Waals surface area contributed by atoms with Crippen molar-refractivity contribution in [2.75, 3.05) is 5.32 Å². The molecule has 0 saturated carbocycles. The normalized spacial score (nSPS) is 10.9. The van der Waals surface area contributed by atoms with Gasteiger partial charge >= 0.3 is 0 Å². The summed E-state index contributed by atoms with van der Waals surface area (Å²) in [7, 11) is 0. The van der Waals surface area contributed by atoms with E-state index in [-0.39, 0.29) is 23.0 Å². The lowest BCUT2D eigenvalue weighted by Gasteiger charge is -2.05. The molecule has 0 radical (unpaired) electrons. The largest absolute Gasteiger partial charge is 0.507 e. The highest BCUT2D eigenvalue weighted by Gasteiger charge is 2.24. The van der Waals surface area contributed by atoms with Crippen LogP contribution in [-0.4, -0.2) is 27.0 Å². The number of para-hydroxylation sites is 1. The Hall–Kier alpha value is -4.65. The first-order chi connectivity index (χ1) is 16.0. The summed E-state index contributed by atoms with van der Waals surface area (Å²) in [5.74, 6) is -0.706. The van der Waals surface area contributed by atoms with Crippen molar-refractivity contribution < 1.29 is 19.1 Å². The number of nitrogens with one attached hydrogen (secondary N) is 2. The monoisotopic (exact) mass is 437 g/mol. The second-order valence-corrected chi connectivity index (χ2v) is 7.64. The molecule has 0 saturated heterocycles. The molecular weight excluding hydrogens is 418 g/mol. The number of hydrogen-bond acceptors (Lipinski definition) is 5. The van der Waals surface area contributed by atoms with Crippen molar-refractivity contribution in [2.45, 2.75) is 6.92 Å². The Kier molecular flexibility index (Phi) is 4.99. The van der Waals surface area contributed by atoms with Crippen LogP contribution in [0.4, 0.5) is 5.69 Å². The second-order valence-electron chi connectivity index (χ2n) is 7.64. The number of nitrogens with zero attached hydrogens (tertiary/aromatic N) is 1. The molecule has 2 aromatic heterocycles. The summed E-state index contributed by atoms with van der Waals surface area (Å²) < 4.78 is 5.83. The molecule has 162 valence electrons. The molecule has 0 fully saturated rings. The first-order valence-electron chi connectivity index (χ1n) is 10.3. The molecule has 1 amide bonds. The highest BCUT2D eigenvalue weighted by atomic mass is 16.3. The summed E-state index contributed by atoms with van der Waals surface area (Å²) in [6, 6.07) is 22.6. The third-order valence-electron chi connectivity index (χ3n) is 5.33. The third-order valence-corrected chi connectivity index (χ3v) is 5.33. The van der Waals surface area contributed by atoms with Crippen molar-refractivity contribution in [2.24, 2.45) is 0 Å². The van der Waals surface area contributed by atoms with Gasteiger partial charge in [-0.25, -0.2) is 0 Å². The molecule has 0 aliphatic carbocycles. The van der Waals surface area contributed by atoms with Crippen LogP contribution in [0.1, 0.15) is 32.2 Å². The highest BCUT2D eigenvalue weighted by Crippen LogP contribution is 2.33. The number of aromatic nitrogens is 2. The minimum absolute atomic E-state index is 0.0478. The van der Waals surface area contributed by atoms with Crippen LogP contribution in [0, 0.1) is 6.92 Å². The van der Waals surface area contributed by atoms with Crippen molar-refractivity contribution in [3.05, 3.63) is 101 Å². The molecule has 5 rings (SSSR count). The maximum atomic E-state index is 13.1. The van der Waals surface area contributed by atoms with Crippen molar-refractivity contribution in [3.63, 3.8) is 0 Å².